The Bertz CT molecular complexity index is 953. The molecule has 6 nitrogen and oxygen atoms in total. The molecule has 1 spiro atoms. The number of piperidine rings is 2. The molecule has 8 heteroatoms. The first kappa shape index (κ1) is 24.4. The number of amides is 2. The number of carbonyl (C=O) groups excluding carboxylic acids is 2. The van der Waals surface area contributed by atoms with Crippen LogP contribution in [0.3, 0.4) is 0 Å². The maximum absolute atomic E-state index is 13.5. The van der Waals surface area contributed by atoms with Crippen LogP contribution in [-0.4, -0.2) is 75.6 Å². The quantitative estimate of drug-likeness (QED) is 0.651. The number of hydrogen-bond acceptors (Lipinski definition) is 4. The summed E-state index contributed by atoms with van der Waals surface area (Å²) in [6.07, 6.45) is 8.35. The molecule has 1 aromatic rings. The molecule has 3 heterocycles. The highest BCUT2D eigenvalue weighted by molar-refractivity contribution is 6.42. The van der Waals surface area contributed by atoms with E-state index in [0.29, 0.717) is 16.6 Å². The number of piperazine rings is 1. The van der Waals surface area contributed by atoms with Crippen LogP contribution in [0.5, 0.6) is 0 Å². The number of benzene rings is 1. The number of aliphatic hydroxyl groups is 1. The van der Waals surface area contributed by atoms with E-state index in [2.05, 4.69) is 9.80 Å². The van der Waals surface area contributed by atoms with E-state index >= 15 is 0 Å². The van der Waals surface area contributed by atoms with Gasteiger partial charge in [-0.05, 0) is 76.0 Å². The number of nitrogens with zero attached hydrogens (tertiary/aromatic N) is 3. The Morgan fingerprint density at radius 1 is 1.15 bits per heavy atom. The first-order valence-corrected chi connectivity index (χ1v) is 13.5. The van der Waals surface area contributed by atoms with Gasteiger partial charge in [0.05, 0.1) is 16.5 Å². The second-order valence-electron chi connectivity index (χ2n) is 10.8. The van der Waals surface area contributed by atoms with Crippen LogP contribution in [0, 0.1) is 5.41 Å². The Hall–Kier alpha value is -1.34. The molecule has 0 unspecified atom stereocenters. The monoisotopic (exact) mass is 507 g/mol. The van der Waals surface area contributed by atoms with Crippen LogP contribution in [0.4, 0.5) is 0 Å². The first-order chi connectivity index (χ1) is 16.3. The molecule has 3 saturated heterocycles. The highest BCUT2D eigenvalue weighted by Gasteiger charge is 2.52. The van der Waals surface area contributed by atoms with Gasteiger partial charge in [-0.25, -0.2) is 0 Å². The number of rotatable bonds is 5. The van der Waals surface area contributed by atoms with Gasteiger partial charge in [0.1, 0.15) is 12.3 Å². The standard InChI is InChI=1S/C26H35Cl2N3O3/c1-17-24(33)31-19(8-13-29-12-3-9-26(10-11-26)25(29)34)4-2-5-20(31)16-30(17)23(32)15-18-6-7-21(27)22(28)14-18/h6-7,14,17,19-20,25,34H,2-5,8-13,15-16H2,1H3/t17-,19+,20-,25-/m0/s1. The van der Waals surface area contributed by atoms with Crippen LogP contribution in [0.2, 0.25) is 10.0 Å². The summed E-state index contributed by atoms with van der Waals surface area (Å²) in [5.41, 5.74) is 0.953. The molecule has 1 saturated carbocycles. The lowest BCUT2D eigenvalue weighted by atomic mass is 9.88. The Morgan fingerprint density at radius 3 is 2.68 bits per heavy atom. The molecule has 2 amide bonds. The van der Waals surface area contributed by atoms with Crippen LogP contribution >= 0.6 is 23.2 Å². The summed E-state index contributed by atoms with van der Waals surface area (Å²) < 4.78 is 0. The van der Waals surface area contributed by atoms with Gasteiger partial charge in [0.25, 0.3) is 0 Å². The largest absolute Gasteiger partial charge is 0.378 e. The minimum atomic E-state index is -0.470. The van der Waals surface area contributed by atoms with Crippen LogP contribution in [0.1, 0.15) is 63.9 Å². The lowest BCUT2D eigenvalue weighted by Gasteiger charge is -2.51. The number of fused-ring (bicyclic) bond motifs is 1. The fraction of sp³-hybridized carbons (Fsp3) is 0.692. The first-order valence-electron chi connectivity index (χ1n) is 12.8. The van der Waals surface area contributed by atoms with Gasteiger partial charge in [-0.3, -0.25) is 14.5 Å². The van der Waals surface area contributed by atoms with Gasteiger partial charge in [0, 0.05) is 37.1 Å². The summed E-state index contributed by atoms with van der Waals surface area (Å²) in [6, 6.07) is 5.03. The van der Waals surface area contributed by atoms with Gasteiger partial charge < -0.3 is 14.9 Å². The van der Waals surface area contributed by atoms with Crippen molar-refractivity contribution in [3.05, 3.63) is 33.8 Å². The molecule has 5 rings (SSSR count). The second-order valence-corrected chi connectivity index (χ2v) is 11.6. The maximum atomic E-state index is 13.5. The second kappa shape index (κ2) is 9.61. The van der Waals surface area contributed by atoms with E-state index in [1.165, 1.54) is 0 Å². The van der Waals surface area contributed by atoms with Gasteiger partial charge in [-0.15, -0.1) is 0 Å². The molecule has 34 heavy (non-hydrogen) atoms. The van der Waals surface area contributed by atoms with E-state index in [1.54, 1.807) is 17.0 Å². The summed E-state index contributed by atoms with van der Waals surface area (Å²) in [5, 5.41) is 11.7. The third kappa shape index (κ3) is 4.59. The molecule has 1 N–H and O–H groups in total. The van der Waals surface area contributed by atoms with Gasteiger partial charge in [-0.2, -0.15) is 0 Å². The van der Waals surface area contributed by atoms with Crippen molar-refractivity contribution in [2.45, 2.75) is 89.1 Å². The zero-order valence-corrected chi connectivity index (χ0v) is 21.4. The molecule has 1 aromatic carbocycles. The van der Waals surface area contributed by atoms with Crippen molar-refractivity contribution in [1.29, 1.82) is 0 Å². The Morgan fingerprint density at radius 2 is 1.94 bits per heavy atom. The minimum absolute atomic E-state index is 0.0489. The van der Waals surface area contributed by atoms with Crippen molar-refractivity contribution in [1.82, 2.24) is 14.7 Å². The number of carbonyl (C=O) groups is 2. The third-order valence-electron chi connectivity index (χ3n) is 8.66. The summed E-state index contributed by atoms with van der Waals surface area (Å²) >= 11 is 12.1. The van der Waals surface area contributed by atoms with Crippen LogP contribution < -0.4 is 0 Å². The zero-order chi connectivity index (χ0) is 24.0. The predicted octanol–water partition coefficient (Wildman–Crippen LogP) is 4.10. The van der Waals surface area contributed by atoms with Crippen molar-refractivity contribution in [2.75, 3.05) is 19.6 Å². The Balaban J connectivity index is 1.22. The molecular weight excluding hydrogens is 473 g/mol. The summed E-state index contributed by atoms with van der Waals surface area (Å²) in [6.45, 7) is 4.21. The topological polar surface area (TPSA) is 64.1 Å². The van der Waals surface area contributed by atoms with Crippen molar-refractivity contribution in [3.8, 4) is 0 Å². The highest BCUT2D eigenvalue weighted by atomic mass is 35.5. The summed E-state index contributed by atoms with van der Waals surface area (Å²) in [5.74, 6) is 0.00785. The minimum Gasteiger partial charge on any atom is -0.378 e. The van der Waals surface area contributed by atoms with Crippen molar-refractivity contribution in [2.24, 2.45) is 5.41 Å². The SMILES string of the molecule is C[C@H]1C(=O)N2[C@@H](CCN3CCCC4(CC4)[C@@H]3O)CCC[C@H]2CN1C(=O)Cc1ccc(Cl)c(Cl)c1. The molecule has 0 radical (unpaired) electrons. The fourth-order valence-corrected chi connectivity index (χ4v) is 6.78. The van der Waals surface area contributed by atoms with Crippen LogP contribution in [0.15, 0.2) is 18.2 Å². The molecule has 0 bridgehead atoms. The molecule has 0 aromatic heterocycles. The van der Waals surface area contributed by atoms with E-state index in [-0.39, 0.29) is 42.0 Å². The molecule has 4 atom stereocenters. The van der Waals surface area contributed by atoms with Crippen molar-refractivity contribution < 1.29 is 14.7 Å². The third-order valence-corrected chi connectivity index (χ3v) is 9.40. The predicted molar refractivity (Wildman–Crippen MR) is 133 cm³/mol. The molecule has 186 valence electrons. The van der Waals surface area contributed by atoms with Gasteiger partial charge in [0.15, 0.2) is 0 Å². The van der Waals surface area contributed by atoms with Gasteiger partial charge in [-0.1, -0.05) is 29.3 Å². The fourth-order valence-electron chi connectivity index (χ4n) is 6.46. The smallest absolute Gasteiger partial charge is 0.245 e. The van der Waals surface area contributed by atoms with Gasteiger partial charge >= 0.3 is 0 Å². The summed E-state index contributed by atoms with van der Waals surface area (Å²) in [4.78, 5) is 32.7. The van der Waals surface area contributed by atoms with Crippen molar-refractivity contribution in [3.63, 3.8) is 0 Å². The van der Waals surface area contributed by atoms with E-state index < -0.39 is 6.04 Å². The summed E-state index contributed by atoms with van der Waals surface area (Å²) in [7, 11) is 0. The van der Waals surface area contributed by atoms with E-state index in [0.717, 1.165) is 70.0 Å². The number of aliphatic hydroxyl groups excluding tert-OH is 1. The molecule has 4 aliphatic rings. The van der Waals surface area contributed by atoms with E-state index in [1.807, 2.05) is 13.0 Å². The molecule has 3 aliphatic heterocycles. The lowest BCUT2D eigenvalue weighted by Crippen LogP contribution is -2.66. The lowest BCUT2D eigenvalue weighted by molar-refractivity contribution is -0.159. The molecule has 4 fully saturated rings. The van der Waals surface area contributed by atoms with Crippen LogP contribution in [0.25, 0.3) is 0 Å². The van der Waals surface area contributed by atoms with Gasteiger partial charge in [0.2, 0.25) is 11.8 Å². The van der Waals surface area contributed by atoms with Crippen LogP contribution in [-0.2, 0) is 16.0 Å². The van der Waals surface area contributed by atoms with E-state index in [4.69, 9.17) is 23.2 Å². The molecule has 1 aliphatic carbocycles. The number of likely N-dealkylation sites (tertiary alicyclic amines) is 1. The molecular formula is C26H35Cl2N3O3. The highest BCUT2D eigenvalue weighted by Crippen LogP contribution is 2.55. The van der Waals surface area contributed by atoms with E-state index in [9.17, 15) is 14.7 Å². The Labute approximate surface area is 212 Å². The zero-order valence-electron chi connectivity index (χ0n) is 19.9. The number of hydrogen-bond donors (Lipinski definition) is 1. The normalized spacial score (nSPS) is 31.0. The number of halogens is 2. The average molecular weight is 508 g/mol. The average Bonchev–Trinajstić information content (AvgIpc) is 3.60. The maximum Gasteiger partial charge on any atom is 0.245 e. The van der Waals surface area contributed by atoms with Crippen molar-refractivity contribution >= 4 is 35.0 Å². The Kier molecular flexibility index (Phi) is 6.88.